The molecule has 0 aliphatic rings. The molecule has 0 fully saturated rings. The number of nitrogens with zero attached hydrogens (tertiary/aromatic N) is 1. The Kier molecular flexibility index (Phi) is 10.3. The van der Waals surface area contributed by atoms with Gasteiger partial charge in [0.05, 0.1) is 19.3 Å². The van der Waals surface area contributed by atoms with Gasteiger partial charge in [0.2, 0.25) is 5.91 Å². The summed E-state index contributed by atoms with van der Waals surface area (Å²) in [6.45, 7) is 10.7. The molecule has 1 N–H and O–H groups in total. The van der Waals surface area contributed by atoms with E-state index in [9.17, 15) is 14.4 Å². The van der Waals surface area contributed by atoms with Crippen molar-refractivity contribution in [3.8, 4) is 0 Å². The molecular formula is C22H34N2O6. The molecule has 0 aromatic heterocycles. The van der Waals surface area contributed by atoms with E-state index in [2.05, 4.69) is 5.32 Å². The number of amides is 2. The highest BCUT2D eigenvalue weighted by atomic mass is 16.6. The average Bonchev–Trinajstić information content (AvgIpc) is 2.63. The zero-order chi connectivity index (χ0) is 22.7. The number of carbonyl (C=O) groups is 3. The van der Waals surface area contributed by atoms with E-state index in [-0.39, 0.29) is 32.4 Å². The van der Waals surface area contributed by atoms with E-state index in [1.807, 2.05) is 44.2 Å². The number of esters is 1. The molecule has 0 heterocycles. The van der Waals surface area contributed by atoms with Gasteiger partial charge in [0, 0.05) is 6.54 Å². The maximum Gasteiger partial charge on any atom is 0.408 e. The molecule has 0 unspecified atom stereocenters. The Bertz CT molecular complexity index is 685. The Hall–Kier alpha value is -2.61. The molecule has 1 aromatic rings. The molecule has 1 rings (SSSR count). The molecule has 0 saturated heterocycles. The summed E-state index contributed by atoms with van der Waals surface area (Å²) in [4.78, 5) is 39.0. The van der Waals surface area contributed by atoms with Gasteiger partial charge in [-0.3, -0.25) is 9.59 Å². The van der Waals surface area contributed by atoms with Gasteiger partial charge in [-0.15, -0.1) is 0 Å². The Morgan fingerprint density at radius 2 is 1.73 bits per heavy atom. The molecule has 168 valence electrons. The van der Waals surface area contributed by atoms with Gasteiger partial charge in [0.25, 0.3) is 0 Å². The lowest BCUT2D eigenvalue weighted by Gasteiger charge is -2.28. The van der Waals surface area contributed by atoms with Crippen molar-refractivity contribution in [3.63, 3.8) is 0 Å². The zero-order valence-electron chi connectivity index (χ0n) is 18.8. The summed E-state index contributed by atoms with van der Waals surface area (Å²) in [5.41, 5.74) is 0.126. The summed E-state index contributed by atoms with van der Waals surface area (Å²) in [5, 5.41) is 2.57. The van der Waals surface area contributed by atoms with Crippen molar-refractivity contribution < 1.29 is 28.6 Å². The summed E-state index contributed by atoms with van der Waals surface area (Å²) < 4.78 is 15.9. The third-order valence-electron chi connectivity index (χ3n) is 3.74. The highest BCUT2D eigenvalue weighted by Crippen LogP contribution is 2.10. The third kappa shape index (κ3) is 10.2. The fourth-order valence-electron chi connectivity index (χ4n) is 2.51. The minimum Gasteiger partial charge on any atom is -0.465 e. The van der Waals surface area contributed by atoms with Gasteiger partial charge in [-0.25, -0.2) is 4.79 Å². The van der Waals surface area contributed by atoms with E-state index < -0.39 is 29.6 Å². The number of hydrogen-bond donors (Lipinski definition) is 1. The van der Waals surface area contributed by atoms with Gasteiger partial charge in [0.15, 0.2) is 0 Å². The van der Waals surface area contributed by atoms with Gasteiger partial charge >= 0.3 is 12.1 Å². The summed E-state index contributed by atoms with van der Waals surface area (Å²) in [6, 6.07) is 8.25. The monoisotopic (exact) mass is 422 g/mol. The van der Waals surface area contributed by atoms with Crippen LogP contribution >= 0.6 is 0 Å². The van der Waals surface area contributed by atoms with Crippen molar-refractivity contribution in [1.82, 2.24) is 10.2 Å². The molecule has 1 aromatic carbocycles. The quantitative estimate of drug-likeness (QED) is 0.583. The number of carbonyl (C=O) groups excluding carboxylic acids is 3. The summed E-state index contributed by atoms with van der Waals surface area (Å²) >= 11 is 0. The smallest absolute Gasteiger partial charge is 0.408 e. The van der Waals surface area contributed by atoms with Crippen LogP contribution in [0, 0.1) is 0 Å². The number of nitrogens with one attached hydrogen (secondary N) is 1. The number of ether oxygens (including phenoxy) is 3. The molecular weight excluding hydrogens is 388 g/mol. The van der Waals surface area contributed by atoms with Gasteiger partial charge in [-0.2, -0.15) is 0 Å². The van der Waals surface area contributed by atoms with Crippen LogP contribution in [0.2, 0.25) is 0 Å². The van der Waals surface area contributed by atoms with Crippen LogP contribution in [-0.2, 0) is 30.3 Å². The average molecular weight is 423 g/mol. The lowest BCUT2D eigenvalue weighted by Crippen LogP contribution is -2.53. The van der Waals surface area contributed by atoms with Crippen molar-refractivity contribution in [2.24, 2.45) is 0 Å². The molecule has 1 atom stereocenters. The third-order valence-corrected chi connectivity index (χ3v) is 3.74. The molecule has 0 bridgehead atoms. The lowest BCUT2D eigenvalue weighted by atomic mass is 10.2. The van der Waals surface area contributed by atoms with E-state index in [1.165, 1.54) is 4.90 Å². The Morgan fingerprint density at radius 3 is 2.27 bits per heavy atom. The van der Waals surface area contributed by atoms with Crippen LogP contribution in [-0.4, -0.2) is 60.4 Å². The van der Waals surface area contributed by atoms with Crippen molar-refractivity contribution >= 4 is 18.0 Å². The summed E-state index contributed by atoms with van der Waals surface area (Å²) in [5.74, 6) is -0.985. The SMILES string of the molecule is CCOC(=O)CN(Cc1ccccc1)C(=O)[C@H](COC(C)C)NC(=O)OC(C)(C)C. The zero-order valence-corrected chi connectivity index (χ0v) is 18.8. The van der Waals surface area contributed by atoms with E-state index in [0.29, 0.717) is 0 Å². The summed E-state index contributed by atoms with van der Waals surface area (Å²) in [7, 11) is 0. The van der Waals surface area contributed by atoms with Crippen LogP contribution in [0.3, 0.4) is 0 Å². The first-order chi connectivity index (χ1) is 14.0. The minimum atomic E-state index is -1.01. The standard InChI is InChI=1S/C22H34N2O6/c1-7-28-19(25)14-24(13-17-11-9-8-10-12-17)20(26)18(15-29-16(2)3)23-21(27)30-22(4,5)6/h8-12,16,18H,7,13-15H2,1-6H3,(H,23,27)/t18-/m0/s1. The molecule has 2 amide bonds. The number of hydrogen-bond acceptors (Lipinski definition) is 6. The Morgan fingerprint density at radius 1 is 1.10 bits per heavy atom. The molecule has 8 nitrogen and oxygen atoms in total. The highest BCUT2D eigenvalue weighted by Gasteiger charge is 2.30. The van der Waals surface area contributed by atoms with Gasteiger partial charge < -0.3 is 24.4 Å². The maximum atomic E-state index is 13.3. The van der Waals surface area contributed by atoms with E-state index in [1.54, 1.807) is 27.7 Å². The second-order valence-corrected chi connectivity index (χ2v) is 8.07. The normalized spacial score (nSPS) is 12.2. The highest BCUT2D eigenvalue weighted by molar-refractivity contribution is 5.88. The van der Waals surface area contributed by atoms with E-state index in [4.69, 9.17) is 14.2 Å². The van der Waals surface area contributed by atoms with E-state index in [0.717, 1.165) is 5.56 Å². The van der Waals surface area contributed by atoms with Crippen molar-refractivity contribution in [1.29, 1.82) is 0 Å². The van der Waals surface area contributed by atoms with Crippen LogP contribution in [0.15, 0.2) is 30.3 Å². The second kappa shape index (κ2) is 12.2. The fraction of sp³-hybridized carbons (Fsp3) is 0.591. The molecule has 0 saturated carbocycles. The molecule has 0 spiro atoms. The van der Waals surface area contributed by atoms with Crippen LogP contribution in [0.5, 0.6) is 0 Å². The first-order valence-electron chi connectivity index (χ1n) is 10.1. The topological polar surface area (TPSA) is 94.2 Å². The first kappa shape index (κ1) is 25.4. The largest absolute Gasteiger partial charge is 0.465 e. The predicted octanol–water partition coefficient (Wildman–Crippen LogP) is 2.90. The first-order valence-corrected chi connectivity index (χ1v) is 10.1. The number of benzene rings is 1. The maximum absolute atomic E-state index is 13.3. The Balaban J connectivity index is 3.04. The predicted molar refractivity (Wildman–Crippen MR) is 113 cm³/mol. The van der Waals surface area contributed by atoms with Gasteiger partial charge in [0.1, 0.15) is 18.2 Å². The molecule has 8 heteroatoms. The number of alkyl carbamates (subject to hydrolysis) is 1. The Labute approximate surface area is 178 Å². The van der Waals surface area contributed by atoms with Crippen LogP contribution < -0.4 is 5.32 Å². The molecule has 0 radical (unpaired) electrons. The fourth-order valence-corrected chi connectivity index (χ4v) is 2.51. The molecule has 0 aliphatic carbocycles. The van der Waals surface area contributed by atoms with Crippen LogP contribution in [0.1, 0.15) is 47.1 Å². The van der Waals surface area contributed by atoms with Crippen molar-refractivity contribution in [2.75, 3.05) is 19.8 Å². The van der Waals surface area contributed by atoms with Crippen molar-refractivity contribution in [3.05, 3.63) is 35.9 Å². The molecule has 30 heavy (non-hydrogen) atoms. The summed E-state index contributed by atoms with van der Waals surface area (Å²) in [6.07, 6.45) is -0.877. The second-order valence-electron chi connectivity index (χ2n) is 8.07. The van der Waals surface area contributed by atoms with Crippen molar-refractivity contribution in [2.45, 2.75) is 65.8 Å². The number of rotatable bonds is 10. The van der Waals surface area contributed by atoms with Gasteiger partial charge in [-0.05, 0) is 47.1 Å². The van der Waals surface area contributed by atoms with Gasteiger partial charge in [-0.1, -0.05) is 30.3 Å². The lowest BCUT2D eigenvalue weighted by molar-refractivity contribution is -0.150. The van der Waals surface area contributed by atoms with Crippen LogP contribution in [0.25, 0.3) is 0 Å². The minimum absolute atomic E-state index is 0.0517. The molecule has 0 aliphatic heterocycles. The van der Waals surface area contributed by atoms with Crippen LogP contribution in [0.4, 0.5) is 4.79 Å². The van der Waals surface area contributed by atoms with E-state index >= 15 is 0 Å².